The van der Waals surface area contributed by atoms with Crippen LogP contribution in [0.5, 0.6) is 5.75 Å². The maximum absolute atomic E-state index is 12.5. The lowest BCUT2D eigenvalue weighted by atomic mass is 10.1. The molecule has 1 N–H and O–H groups in total. The molecule has 0 radical (unpaired) electrons. The van der Waals surface area contributed by atoms with E-state index < -0.39 is 16.4 Å². The predicted octanol–water partition coefficient (Wildman–Crippen LogP) is 3.39. The molecule has 0 unspecified atom stereocenters. The van der Waals surface area contributed by atoms with Crippen LogP contribution in [0.1, 0.15) is 29.8 Å². The molecule has 0 aliphatic rings. The number of aromatic hydroxyl groups is 1. The van der Waals surface area contributed by atoms with Gasteiger partial charge in [-0.15, -0.1) is 0 Å². The van der Waals surface area contributed by atoms with E-state index in [0.29, 0.717) is 6.54 Å². The lowest BCUT2D eigenvalue weighted by Crippen LogP contribution is -2.35. The fraction of sp³-hybridized carbons (Fsp3) is 0.278. The van der Waals surface area contributed by atoms with Gasteiger partial charge in [0.25, 0.3) is 0 Å². The number of nitro groups is 1. The van der Waals surface area contributed by atoms with Crippen LogP contribution in [0.2, 0.25) is 0 Å². The number of nitro benzene ring substituents is 1. The Labute approximate surface area is 140 Å². The Morgan fingerprint density at radius 3 is 2.46 bits per heavy atom. The molecule has 0 saturated heterocycles. The minimum Gasteiger partial charge on any atom is -0.502 e. The molecule has 24 heavy (non-hydrogen) atoms. The Hall–Kier alpha value is -2.73. The van der Waals surface area contributed by atoms with Crippen LogP contribution in [0.25, 0.3) is 0 Å². The van der Waals surface area contributed by atoms with Crippen molar-refractivity contribution >= 4 is 11.5 Å². The maximum atomic E-state index is 12.5. The zero-order chi connectivity index (χ0) is 17.7. The summed E-state index contributed by atoms with van der Waals surface area (Å²) in [5, 5.41) is 20.4. The van der Waals surface area contributed by atoms with E-state index in [1.807, 2.05) is 49.1 Å². The molecule has 0 heterocycles. The molecule has 0 atom stereocenters. The molecule has 2 rings (SSSR count). The maximum Gasteiger partial charge on any atom is 0.311 e. The Bertz CT molecular complexity index is 729. The first-order valence-electron chi connectivity index (χ1n) is 7.67. The molecule has 0 spiro atoms. The summed E-state index contributed by atoms with van der Waals surface area (Å²) in [5.41, 5.74) is 0.855. The first-order valence-corrected chi connectivity index (χ1v) is 7.67. The van der Waals surface area contributed by atoms with Crippen LogP contribution in [0.3, 0.4) is 0 Å². The number of phenolic OH excluding ortho intramolecular Hbond substituents is 1. The number of phenols is 1. The van der Waals surface area contributed by atoms with Gasteiger partial charge in [-0.25, -0.2) is 0 Å². The summed E-state index contributed by atoms with van der Waals surface area (Å²) in [5.74, 6) is -0.663. The largest absolute Gasteiger partial charge is 0.502 e. The van der Waals surface area contributed by atoms with Gasteiger partial charge < -0.3 is 5.11 Å². The molecule has 2 aromatic rings. The van der Waals surface area contributed by atoms with Crippen LogP contribution >= 0.6 is 0 Å². The summed E-state index contributed by atoms with van der Waals surface area (Å²) in [4.78, 5) is 24.7. The minimum atomic E-state index is -0.698. The minimum absolute atomic E-state index is 0.140. The van der Waals surface area contributed by atoms with Crippen molar-refractivity contribution in [3.63, 3.8) is 0 Å². The quantitative estimate of drug-likeness (QED) is 0.478. The molecular weight excluding hydrogens is 308 g/mol. The molecule has 0 bridgehead atoms. The van der Waals surface area contributed by atoms with Crippen molar-refractivity contribution in [1.29, 1.82) is 0 Å². The van der Waals surface area contributed by atoms with Gasteiger partial charge in [0, 0.05) is 24.2 Å². The number of nitrogens with zero attached hydrogens (tertiary/aromatic N) is 2. The monoisotopic (exact) mass is 328 g/mol. The molecule has 0 fully saturated rings. The summed E-state index contributed by atoms with van der Waals surface area (Å²) in [6, 6.07) is 13.7. The van der Waals surface area contributed by atoms with Crippen LogP contribution < -0.4 is 0 Å². The number of carbonyl (C=O) groups excluding carboxylic acids is 1. The second kappa shape index (κ2) is 7.70. The first kappa shape index (κ1) is 17.6. The molecule has 0 aromatic heterocycles. The van der Waals surface area contributed by atoms with Gasteiger partial charge in [0.05, 0.1) is 11.5 Å². The average molecular weight is 328 g/mol. The fourth-order valence-electron chi connectivity index (χ4n) is 2.36. The zero-order valence-corrected chi connectivity index (χ0v) is 13.7. The van der Waals surface area contributed by atoms with Gasteiger partial charge in [0.1, 0.15) is 0 Å². The van der Waals surface area contributed by atoms with Crippen LogP contribution in [-0.4, -0.2) is 33.3 Å². The Morgan fingerprint density at radius 2 is 1.88 bits per heavy atom. The second-order valence-electron chi connectivity index (χ2n) is 5.87. The van der Waals surface area contributed by atoms with Gasteiger partial charge in [-0.1, -0.05) is 30.3 Å². The first-order chi connectivity index (χ1) is 11.4. The highest BCUT2D eigenvalue weighted by Gasteiger charge is 2.20. The van der Waals surface area contributed by atoms with E-state index in [4.69, 9.17) is 0 Å². The van der Waals surface area contributed by atoms with Crippen molar-refractivity contribution in [3.8, 4) is 5.75 Å². The molecule has 0 aliphatic carbocycles. The highest BCUT2D eigenvalue weighted by molar-refractivity contribution is 5.98. The van der Waals surface area contributed by atoms with E-state index in [0.717, 1.165) is 11.6 Å². The molecule has 0 aliphatic heterocycles. The highest BCUT2D eigenvalue weighted by atomic mass is 16.6. The van der Waals surface area contributed by atoms with Crippen molar-refractivity contribution in [2.75, 3.05) is 6.54 Å². The normalized spacial score (nSPS) is 11.0. The Kier molecular flexibility index (Phi) is 5.65. The number of carbonyl (C=O) groups is 1. The van der Waals surface area contributed by atoms with E-state index in [9.17, 15) is 20.0 Å². The van der Waals surface area contributed by atoms with Gasteiger partial charge in [0.15, 0.2) is 11.5 Å². The number of rotatable bonds is 7. The van der Waals surface area contributed by atoms with E-state index >= 15 is 0 Å². The molecule has 126 valence electrons. The lowest BCUT2D eigenvalue weighted by Gasteiger charge is -2.25. The Morgan fingerprint density at radius 1 is 1.21 bits per heavy atom. The number of Topliss-reactive ketones (excluding diaryl/α,β-unsaturated/α-hetero) is 1. The molecule has 0 amide bonds. The van der Waals surface area contributed by atoms with E-state index in [1.54, 1.807) is 0 Å². The van der Waals surface area contributed by atoms with Gasteiger partial charge in [-0.2, -0.15) is 0 Å². The third-order valence-corrected chi connectivity index (χ3v) is 3.80. The summed E-state index contributed by atoms with van der Waals surface area (Å²) in [6.07, 6.45) is 0. The smallest absolute Gasteiger partial charge is 0.311 e. The van der Waals surface area contributed by atoms with E-state index in [2.05, 4.69) is 0 Å². The van der Waals surface area contributed by atoms with Crippen molar-refractivity contribution in [2.24, 2.45) is 0 Å². The van der Waals surface area contributed by atoms with Gasteiger partial charge in [0.2, 0.25) is 0 Å². The molecular formula is C18H20N2O4. The number of benzene rings is 2. The lowest BCUT2D eigenvalue weighted by molar-refractivity contribution is -0.385. The topological polar surface area (TPSA) is 83.7 Å². The number of ketones is 1. The van der Waals surface area contributed by atoms with Crippen LogP contribution in [-0.2, 0) is 6.54 Å². The number of hydrogen-bond donors (Lipinski definition) is 1. The zero-order valence-electron chi connectivity index (χ0n) is 13.7. The molecule has 6 heteroatoms. The fourth-order valence-corrected chi connectivity index (χ4v) is 2.36. The third-order valence-electron chi connectivity index (χ3n) is 3.80. The highest BCUT2D eigenvalue weighted by Crippen LogP contribution is 2.26. The van der Waals surface area contributed by atoms with Crippen molar-refractivity contribution in [3.05, 3.63) is 69.8 Å². The van der Waals surface area contributed by atoms with Crippen LogP contribution in [0.15, 0.2) is 48.5 Å². The standard InChI is InChI=1S/C18H20N2O4/c1-13(2)19(11-14-6-4-3-5-7-14)12-18(22)15-8-9-17(21)16(10-15)20(23)24/h3-10,13,21H,11-12H2,1-2H3. The summed E-state index contributed by atoms with van der Waals surface area (Å²) >= 11 is 0. The van der Waals surface area contributed by atoms with E-state index in [1.165, 1.54) is 12.1 Å². The van der Waals surface area contributed by atoms with Crippen LogP contribution in [0.4, 0.5) is 5.69 Å². The second-order valence-corrected chi connectivity index (χ2v) is 5.87. The molecule has 0 saturated carbocycles. The SMILES string of the molecule is CC(C)N(CC(=O)c1ccc(O)c([N+](=O)[O-])c1)Cc1ccccc1. The predicted molar refractivity (Wildman–Crippen MR) is 91.1 cm³/mol. The van der Waals surface area contributed by atoms with Crippen molar-refractivity contribution < 1.29 is 14.8 Å². The third kappa shape index (κ3) is 4.39. The van der Waals surface area contributed by atoms with Gasteiger partial charge in [-0.3, -0.25) is 19.8 Å². The Balaban J connectivity index is 2.16. The van der Waals surface area contributed by atoms with Crippen LogP contribution in [0, 0.1) is 10.1 Å². The van der Waals surface area contributed by atoms with Gasteiger partial charge >= 0.3 is 5.69 Å². The molecule has 2 aromatic carbocycles. The molecule has 6 nitrogen and oxygen atoms in total. The summed E-state index contributed by atoms with van der Waals surface area (Å²) < 4.78 is 0. The van der Waals surface area contributed by atoms with E-state index in [-0.39, 0.29) is 23.9 Å². The summed E-state index contributed by atoms with van der Waals surface area (Å²) in [7, 11) is 0. The van der Waals surface area contributed by atoms with Crippen molar-refractivity contribution in [1.82, 2.24) is 4.90 Å². The number of hydrogen-bond acceptors (Lipinski definition) is 5. The van der Waals surface area contributed by atoms with Crippen molar-refractivity contribution in [2.45, 2.75) is 26.4 Å². The average Bonchev–Trinajstić information content (AvgIpc) is 2.55. The summed E-state index contributed by atoms with van der Waals surface area (Å²) in [6.45, 7) is 4.75. The van der Waals surface area contributed by atoms with Gasteiger partial charge in [-0.05, 0) is 31.5 Å².